The zero-order chi connectivity index (χ0) is 9.23. The second kappa shape index (κ2) is 8.49. The van der Waals surface area contributed by atoms with E-state index in [2.05, 4.69) is 0 Å². The minimum atomic E-state index is -0.926. The van der Waals surface area contributed by atoms with Gasteiger partial charge in [-0.15, -0.1) is 0 Å². The normalized spacial score (nSPS) is 10.1. The van der Waals surface area contributed by atoms with E-state index in [4.69, 9.17) is 14.6 Å². The summed E-state index contributed by atoms with van der Waals surface area (Å²) >= 11 is 0. The number of carboxylic acid groups (broad SMARTS) is 1. The van der Waals surface area contributed by atoms with Crippen LogP contribution >= 0.6 is 0 Å². The number of carboxylic acids is 1. The molecule has 0 spiro atoms. The molecule has 0 fully saturated rings. The molecule has 0 aliphatic heterocycles. The third kappa shape index (κ3) is 9.39. The third-order valence-electron chi connectivity index (χ3n) is 1.15. The van der Waals surface area contributed by atoms with Crippen LogP contribution in [0.3, 0.4) is 0 Å². The van der Waals surface area contributed by atoms with Crippen molar-refractivity contribution in [3.05, 3.63) is 0 Å². The molecule has 72 valence electrons. The van der Waals surface area contributed by atoms with Gasteiger partial charge in [0.25, 0.3) is 0 Å². The first kappa shape index (κ1) is 11.4. The molecule has 0 heterocycles. The Balaban J connectivity index is 2.86. The molecule has 4 nitrogen and oxygen atoms in total. The van der Waals surface area contributed by atoms with Gasteiger partial charge in [0.2, 0.25) is 0 Å². The van der Waals surface area contributed by atoms with Gasteiger partial charge >= 0.3 is 5.97 Å². The number of hydrogen-bond acceptors (Lipinski definition) is 3. The number of rotatable bonds is 8. The van der Waals surface area contributed by atoms with Crippen LogP contribution in [0.25, 0.3) is 0 Å². The van der Waals surface area contributed by atoms with Crippen LogP contribution in [-0.4, -0.2) is 37.5 Å². The van der Waals surface area contributed by atoms with Crippen LogP contribution < -0.4 is 0 Å². The van der Waals surface area contributed by atoms with Crippen molar-refractivity contribution in [2.24, 2.45) is 0 Å². The summed E-state index contributed by atoms with van der Waals surface area (Å²) in [6.45, 7) is 3.69. The van der Waals surface area contributed by atoms with Gasteiger partial charge < -0.3 is 14.6 Å². The van der Waals surface area contributed by atoms with Crippen LogP contribution in [0.5, 0.6) is 0 Å². The van der Waals surface area contributed by atoms with E-state index in [1.54, 1.807) is 0 Å². The molecule has 0 amide bonds. The lowest BCUT2D eigenvalue weighted by atomic mass is 10.5. The Bertz CT molecular complexity index is 114. The Morgan fingerprint density at radius 1 is 1.25 bits per heavy atom. The number of carbonyl (C=O) groups is 1. The fourth-order valence-corrected chi connectivity index (χ4v) is 0.669. The monoisotopic (exact) mass is 176 g/mol. The van der Waals surface area contributed by atoms with Gasteiger partial charge in [0, 0.05) is 19.8 Å². The van der Waals surface area contributed by atoms with Crippen LogP contribution in [0, 0.1) is 0 Å². The predicted octanol–water partition coefficient (Wildman–Crippen LogP) is 0.904. The molecule has 0 radical (unpaired) electrons. The molecule has 0 aromatic rings. The molecule has 0 aliphatic rings. The molecule has 0 saturated carbocycles. The van der Waals surface area contributed by atoms with Crippen molar-refractivity contribution in [2.45, 2.75) is 19.8 Å². The van der Waals surface area contributed by atoms with Crippen molar-refractivity contribution in [1.82, 2.24) is 0 Å². The fraction of sp³-hybridized carbons (Fsp3) is 0.875. The Morgan fingerprint density at radius 2 is 1.92 bits per heavy atom. The van der Waals surface area contributed by atoms with E-state index in [1.165, 1.54) is 0 Å². The molecule has 0 aliphatic carbocycles. The maximum atomic E-state index is 9.98. The first-order valence-corrected chi connectivity index (χ1v) is 4.14. The highest BCUT2D eigenvalue weighted by atomic mass is 16.5. The summed E-state index contributed by atoms with van der Waals surface area (Å²) in [5.41, 5.74) is 0. The van der Waals surface area contributed by atoms with Crippen molar-refractivity contribution >= 4 is 5.97 Å². The Kier molecular flexibility index (Phi) is 8.05. The van der Waals surface area contributed by atoms with E-state index >= 15 is 0 Å². The molecule has 0 rings (SSSR count). The first-order valence-electron chi connectivity index (χ1n) is 4.14. The lowest BCUT2D eigenvalue weighted by Gasteiger charge is -2.02. The quantitative estimate of drug-likeness (QED) is 0.558. The summed E-state index contributed by atoms with van der Waals surface area (Å²) < 4.78 is 9.96. The summed E-state index contributed by atoms with van der Waals surface area (Å²) in [6, 6.07) is 0. The van der Waals surface area contributed by atoms with Crippen molar-refractivity contribution in [3.63, 3.8) is 0 Å². The zero-order valence-corrected chi connectivity index (χ0v) is 7.41. The van der Waals surface area contributed by atoms with E-state index in [-0.39, 0.29) is 6.61 Å². The highest BCUT2D eigenvalue weighted by Crippen LogP contribution is 1.86. The zero-order valence-electron chi connectivity index (χ0n) is 7.41. The highest BCUT2D eigenvalue weighted by Gasteiger charge is 1.95. The van der Waals surface area contributed by atoms with Crippen LogP contribution in [0.1, 0.15) is 19.8 Å². The molecule has 4 heteroatoms. The number of ether oxygens (including phenoxy) is 2. The molecule has 0 bridgehead atoms. The Morgan fingerprint density at radius 3 is 2.50 bits per heavy atom. The Hall–Kier alpha value is -0.610. The van der Waals surface area contributed by atoms with Crippen LogP contribution in [0.15, 0.2) is 0 Å². The lowest BCUT2D eigenvalue weighted by Crippen LogP contribution is -2.09. The first-order chi connectivity index (χ1) is 5.77. The van der Waals surface area contributed by atoms with Gasteiger partial charge in [-0.25, -0.2) is 4.79 Å². The van der Waals surface area contributed by atoms with Gasteiger partial charge in [0.1, 0.15) is 6.61 Å². The summed E-state index contributed by atoms with van der Waals surface area (Å²) in [5.74, 6) is -0.926. The van der Waals surface area contributed by atoms with E-state index in [0.717, 1.165) is 19.4 Å². The smallest absolute Gasteiger partial charge is 0.329 e. The van der Waals surface area contributed by atoms with Crippen LogP contribution in [0.2, 0.25) is 0 Å². The maximum Gasteiger partial charge on any atom is 0.329 e. The van der Waals surface area contributed by atoms with Crippen LogP contribution in [-0.2, 0) is 14.3 Å². The summed E-state index contributed by atoms with van der Waals surface area (Å²) in [5, 5.41) is 8.20. The summed E-state index contributed by atoms with van der Waals surface area (Å²) in [6.07, 6.45) is 1.77. The molecule has 0 aromatic carbocycles. The van der Waals surface area contributed by atoms with E-state index in [9.17, 15) is 4.79 Å². The van der Waals surface area contributed by atoms with Gasteiger partial charge in [0.15, 0.2) is 0 Å². The Labute approximate surface area is 72.5 Å². The topological polar surface area (TPSA) is 55.8 Å². The second-order valence-electron chi connectivity index (χ2n) is 2.41. The summed E-state index contributed by atoms with van der Waals surface area (Å²) in [7, 11) is 0. The average Bonchev–Trinajstić information content (AvgIpc) is 2.02. The van der Waals surface area contributed by atoms with E-state index in [1.807, 2.05) is 6.92 Å². The molecule has 0 aromatic heterocycles. The molecule has 12 heavy (non-hydrogen) atoms. The molecule has 0 atom stereocenters. The summed E-state index contributed by atoms with van der Waals surface area (Å²) in [4.78, 5) is 9.98. The highest BCUT2D eigenvalue weighted by molar-refractivity contribution is 5.67. The second-order valence-corrected chi connectivity index (χ2v) is 2.41. The number of hydrogen-bond donors (Lipinski definition) is 1. The van der Waals surface area contributed by atoms with Crippen molar-refractivity contribution in [1.29, 1.82) is 0 Å². The fourth-order valence-electron chi connectivity index (χ4n) is 0.669. The van der Waals surface area contributed by atoms with Crippen molar-refractivity contribution in [2.75, 3.05) is 26.4 Å². The predicted molar refractivity (Wildman–Crippen MR) is 44.2 cm³/mol. The minimum Gasteiger partial charge on any atom is -0.480 e. The van der Waals surface area contributed by atoms with Crippen LogP contribution in [0.4, 0.5) is 0 Å². The third-order valence-corrected chi connectivity index (χ3v) is 1.15. The molecular weight excluding hydrogens is 160 g/mol. The van der Waals surface area contributed by atoms with Gasteiger partial charge in [-0.3, -0.25) is 0 Å². The molecular formula is C8H16O4. The van der Waals surface area contributed by atoms with Gasteiger partial charge in [-0.1, -0.05) is 6.92 Å². The van der Waals surface area contributed by atoms with Crippen molar-refractivity contribution in [3.8, 4) is 0 Å². The van der Waals surface area contributed by atoms with E-state index < -0.39 is 5.97 Å². The standard InChI is InChI=1S/C8H16O4/c1-2-4-11-5-3-6-12-7-8(9)10/h2-7H2,1H3,(H,9,10). The maximum absolute atomic E-state index is 9.98. The molecule has 0 saturated heterocycles. The molecule has 0 unspecified atom stereocenters. The van der Waals surface area contributed by atoms with Gasteiger partial charge in [0.05, 0.1) is 0 Å². The minimum absolute atomic E-state index is 0.215. The van der Waals surface area contributed by atoms with Gasteiger partial charge in [-0.2, -0.15) is 0 Å². The van der Waals surface area contributed by atoms with Crippen molar-refractivity contribution < 1.29 is 19.4 Å². The average molecular weight is 176 g/mol. The molecule has 1 N–H and O–H groups in total. The SMILES string of the molecule is CCCOCCCOCC(=O)O. The van der Waals surface area contributed by atoms with E-state index in [0.29, 0.717) is 13.2 Å². The lowest BCUT2D eigenvalue weighted by molar-refractivity contribution is -0.142. The largest absolute Gasteiger partial charge is 0.480 e. The van der Waals surface area contributed by atoms with Gasteiger partial charge in [-0.05, 0) is 12.8 Å². The number of aliphatic carboxylic acids is 1.